The lowest BCUT2D eigenvalue weighted by Crippen LogP contribution is -2.52. The molecule has 11 nitrogen and oxygen atoms in total. The van der Waals surface area contributed by atoms with Gasteiger partial charge in [-0.15, -0.1) is 0 Å². The Labute approximate surface area is 429 Å². The first-order valence-electron chi connectivity index (χ1n) is 25.1. The number of likely N-dealkylation sites (N-methyl/N-ethyl adjacent to an activating group) is 1. The van der Waals surface area contributed by atoms with Crippen LogP contribution in [0.1, 0.15) is 132 Å². The van der Waals surface area contributed by atoms with Crippen molar-refractivity contribution in [3.8, 4) is 22.9 Å². The van der Waals surface area contributed by atoms with Gasteiger partial charge in [0, 0.05) is 34.3 Å². The van der Waals surface area contributed by atoms with E-state index in [1.165, 1.54) is 75.2 Å². The number of primary amides is 1. The topological polar surface area (TPSA) is 161 Å². The number of aromatic nitrogens is 2. The number of nitrogens with zero attached hydrogens (tertiary/aromatic N) is 4. The standard InChI is InChI=1S/C31H37N3O2.C16H26N2.C11H7Cl2NO3/c32-29(35)27-15-16-28(33-30(27)36-26-13-7-4-8-14-26)25-17-19-31(20-18-25,23-24-11-5-3-6-12-24)34-21-9-1-2-10-22-34;1-13-6-4-5-7-14(13)12-16(18(2)3)10-8-15(17)9-11-16;1-5-8(11(15)16)10(14-17-5)9-6(12)3-2-4-7(9)13/h3-8,11-16,25H,1-2,9-10,17-23H2,(H2,32,35);4-7,15H,8-12,17H2,1-3H3;2-4H,1H3,(H,15,16). The Hall–Kier alpha value is -5.56. The highest BCUT2D eigenvalue weighted by Crippen LogP contribution is 2.44. The van der Waals surface area contributed by atoms with Crippen LogP contribution in [0.5, 0.6) is 11.6 Å². The molecule has 0 radical (unpaired) electrons. The third-order valence-electron chi connectivity index (χ3n) is 15.1. The molecule has 376 valence electrons. The maximum atomic E-state index is 12.1. The number of amides is 1. The van der Waals surface area contributed by atoms with Gasteiger partial charge in [-0.3, -0.25) is 9.69 Å². The Kier molecular flexibility index (Phi) is 18.5. The van der Waals surface area contributed by atoms with Crippen molar-refractivity contribution in [1.82, 2.24) is 19.9 Å². The molecule has 9 rings (SSSR count). The van der Waals surface area contributed by atoms with Gasteiger partial charge in [0.15, 0.2) is 0 Å². The highest BCUT2D eigenvalue weighted by atomic mass is 35.5. The quantitative estimate of drug-likeness (QED) is 0.108. The van der Waals surface area contributed by atoms with Crippen molar-refractivity contribution in [3.05, 3.63) is 165 Å². The Morgan fingerprint density at radius 1 is 0.775 bits per heavy atom. The molecule has 1 saturated heterocycles. The van der Waals surface area contributed by atoms with E-state index in [-0.39, 0.29) is 22.6 Å². The molecule has 2 saturated carbocycles. The van der Waals surface area contributed by atoms with Gasteiger partial charge in [0.1, 0.15) is 28.3 Å². The molecule has 4 aromatic carbocycles. The van der Waals surface area contributed by atoms with Crippen LogP contribution in [0.25, 0.3) is 11.3 Å². The van der Waals surface area contributed by atoms with Crippen molar-refractivity contribution in [2.45, 2.75) is 127 Å². The summed E-state index contributed by atoms with van der Waals surface area (Å²) in [5, 5.41) is 13.5. The van der Waals surface area contributed by atoms with E-state index in [4.69, 9.17) is 54.0 Å². The summed E-state index contributed by atoms with van der Waals surface area (Å²) in [6.07, 6.45) is 16.8. The van der Waals surface area contributed by atoms with Gasteiger partial charge in [-0.1, -0.05) is 120 Å². The van der Waals surface area contributed by atoms with Crippen LogP contribution in [0.4, 0.5) is 0 Å². The molecule has 3 aliphatic rings. The number of hydrogen-bond donors (Lipinski definition) is 3. The fourth-order valence-electron chi connectivity index (χ4n) is 10.8. The van der Waals surface area contributed by atoms with Crippen LogP contribution in [0, 0.1) is 13.8 Å². The fraction of sp³-hybridized carbons (Fsp3) is 0.414. The number of aryl methyl sites for hydroxylation is 2. The number of ether oxygens (including phenoxy) is 1. The summed E-state index contributed by atoms with van der Waals surface area (Å²) >= 11 is 12.0. The monoisotopic (exact) mass is 1000 g/mol. The molecule has 5 N–H and O–H groups in total. The van der Waals surface area contributed by atoms with Crippen molar-refractivity contribution < 1.29 is 24.0 Å². The molecule has 2 aromatic heterocycles. The van der Waals surface area contributed by atoms with Gasteiger partial charge < -0.3 is 30.7 Å². The highest BCUT2D eigenvalue weighted by molar-refractivity contribution is 6.39. The lowest BCUT2D eigenvalue weighted by atomic mass is 9.71. The van der Waals surface area contributed by atoms with Gasteiger partial charge >= 0.3 is 5.97 Å². The van der Waals surface area contributed by atoms with Gasteiger partial charge in [0.2, 0.25) is 5.88 Å². The van der Waals surface area contributed by atoms with Crippen molar-refractivity contribution in [2.75, 3.05) is 27.2 Å². The third-order valence-corrected chi connectivity index (χ3v) is 15.7. The summed E-state index contributed by atoms with van der Waals surface area (Å²) in [6, 6.07) is 38.3. The van der Waals surface area contributed by atoms with Crippen LogP contribution >= 0.6 is 23.2 Å². The van der Waals surface area contributed by atoms with Gasteiger partial charge in [-0.05, 0) is 171 Å². The van der Waals surface area contributed by atoms with E-state index in [1.807, 2.05) is 36.4 Å². The molecule has 0 atom stereocenters. The number of nitrogens with two attached hydrogens (primary N) is 2. The minimum atomic E-state index is -1.13. The first-order valence-corrected chi connectivity index (χ1v) is 25.9. The zero-order valence-corrected chi connectivity index (χ0v) is 43.2. The first-order chi connectivity index (χ1) is 34.2. The van der Waals surface area contributed by atoms with Crippen molar-refractivity contribution in [1.29, 1.82) is 0 Å². The maximum Gasteiger partial charge on any atom is 0.341 e. The summed E-state index contributed by atoms with van der Waals surface area (Å²) in [6.45, 7) is 6.15. The Bertz CT molecular complexity index is 2650. The van der Waals surface area contributed by atoms with E-state index >= 15 is 0 Å². The number of para-hydroxylation sites is 1. The van der Waals surface area contributed by atoms with E-state index in [9.17, 15) is 9.59 Å². The average Bonchev–Trinajstić information content (AvgIpc) is 3.53. The van der Waals surface area contributed by atoms with Gasteiger partial charge in [0.25, 0.3) is 5.91 Å². The predicted octanol–water partition coefficient (Wildman–Crippen LogP) is 12.9. The molecule has 0 spiro atoms. The van der Waals surface area contributed by atoms with Crippen LogP contribution in [0.3, 0.4) is 0 Å². The molecule has 6 aromatic rings. The van der Waals surface area contributed by atoms with Crippen LogP contribution in [0.2, 0.25) is 10.0 Å². The molecule has 1 aliphatic heterocycles. The number of carboxylic acids is 1. The Balaban J connectivity index is 0.000000177. The van der Waals surface area contributed by atoms with E-state index in [2.05, 4.69) is 90.6 Å². The summed E-state index contributed by atoms with van der Waals surface area (Å²) in [4.78, 5) is 33.2. The number of pyridine rings is 1. The minimum absolute atomic E-state index is 0.0278. The van der Waals surface area contributed by atoms with E-state index in [1.54, 1.807) is 24.3 Å². The number of halogens is 2. The smallest absolute Gasteiger partial charge is 0.341 e. The normalized spacial score (nSPS) is 21.5. The van der Waals surface area contributed by atoms with Crippen LogP contribution in [-0.4, -0.2) is 81.2 Å². The van der Waals surface area contributed by atoms with Crippen LogP contribution < -0.4 is 16.2 Å². The third kappa shape index (κ3) is 13.5. The molecule has 0 unspecified atom stereocenters. The zero-order chi connectivity index (χ0) is 50.5. The second-order valence-electron chi connectivity index (χ2n) is 19.9. The van der Waals surface area contributed by atoms with Gasteiger partial charge in [-0.2, -0.15) is 0 Å². The molecule has 2 aliphatic carbocycles. The highest BCUT2D eigenvalue weighted by Gasteiger charge is 2.41. The molecular weight excluding hydrogens is 932 g/mol. The molecule has 1 amide bonds. The molecule has 71 heavy (non-hydrogen) atoms. The first kappa shape index (κ1) is 53.2. The molecular formula is C58H70Cl2N6O5. The number of aromatic carboxylic acids is 1. The van der Waals surface area contributed by atoms with Crippen molar-refractivity contribution >= 4 is 35.1 Å². The fourth-order valence-corrected chi connectivity index (χ4v) is 11.3. The number of carbonyl (C=O) groups is 2. The number of carboxylic acid groups (broad SMARTS) is 1. The second-order valence-corrected chi connectivity index (χ2v) is 20.7. The Morgan fingerprint density at radius 3 is 1.97 bits per heavy atom. The molecule has 0 bridgehead atoms. The molecule has 3 fully saturated rings. The number of benzene rings is 4. The number of hydrogen-bond acceptors (Lipinski definition) is 9. The lowest BCUT2D eigenvalue weighted by Gasteiger charge is -2.48. The average molecular weight is 1000 g/mol. The zero-order valence-electron chi connectivity index (χ0n) is 41.7. The van der Waals surface area contributed by atoms with Crippen molar-refractivity contribution in [2.24, 2.45) is 11.5 Å². The van der Waals surface area contributed by atoms with Gasteiger partial charge in [-0.25, -0.2) is 9.78 Å². The van der Waals surface area contributed by atoms with Crippen LogP contribution in [0.15, 0.2) is 120 Å². The summed E-state index contributed by atoms with van der Waals surface area (Å²) in [5.74, 6) is -0.137. The molecule has 3 heterocycles. The van der Waals surface area contributed by atoms with Crippen LogP contribution in [-0.2, 0) is 12.8 Å². The van der Waals surface area contributed by atoms with Gasteiger partial charge in [0.05, 0.1) is 10.0 Å². The van der Waals surface area contributed by atoms with E-state index < -0.39 is 11.9 Å². The predicted molar refractivity (Wildman–Crippen MR) is 285 cm³/mol. The SMILES string of the molecule is Cc1ccccc1CC1(N(C)C)CCC(N)CC1.Cc1onc(-c2c(Cl)cccc2Cl)c1C(=O)O.NC(=O)c1ccc(C2CCC(Cc3ccccc3)(N3CCCCCC3)CC2)nc1Oc1ccccc1. The van der Waals surface area contributed by atoms with Crippen molar-refractivity contribution in [3.63, 3.8) is 0 Å². The summed E-state index contributed by atoms with van der Waals surface area (Å²) in [5.41, 5.74) is 18.3. The molecule has 13 heteroatoms. The van der Waals surface area contributed by atoms with E-state index in [0.717, 1.165) is 57.1 Å². The van der Waals surface area contributed by atoms with E-state index in [0.29, 0.717) is 50.3 Å². The summed E-state index contributed by atoms with van der Waals surface area (Å²) < 4.78 is 10.9. The number of likely N-dealkylation sites (tertiary alicyclic amines) is 1. The Morgan fingerprint density at radius 2 is 1.38 bits per heavy atom. The number of carbonyl (C=O) groups excluding carboxylic acids is 1. The second kappa shape index (κ2) is 24.7. The summed E-state index contributed by atoms with van der Waals surface area (Å²) in [7, 11) is 4.43. The minimum Gasteiger partial charge on any atom is -0.477 e. The largest absolute Gasteiger partial charge is 0.477 e. The lowest BCUT2D eigenvalue weighted by molar-refractivity contribution is 0.0469. The maximum absolute atomic E-state index is 12.1. The number of rotatable bonds is 12.